The van der Waals surface area contributed by atoms with Crippen LogP contribution in [0.1, 0.15) is 25.3 Å². The van der Waals surface area contributed by atoms with Crippen molar-refractivity contribution in [2.24, 2.45) is 0 Å². The van der Waals surface area contributed by atoms with Gasteiger partial charge in [0, 0.05) is 12.5 Å². The number of rotatable bonds is 8. The van der Waals surface area contributed by atoms with E-state index in [4.69, 9.17) is 9.47 Å². The van der Waals surface area contributed by atoms with Gasteiger partial charge < -0.3 is 9.47 Å². The Morgan fingerprint density at radius 1 is 1.00 bits per heavy atom. The first-order valence-electron chi connectivity index (χ1n) is 8.31. The normalized spacial score (nSPS) is 10.1. The first-order chi connectivity index (χ1) is 12.1. The molecule has 0 unspecified atom stereocenters. The molecule has 2 aromatic rings. The molecule has 2 aromatic carbocycles. The minimum atomic E-state index is -0.386. The maximum Gasteiger partial charge on any atom is 0.330 e. The van der Waals surface area contributed by atoms with Crippen LogP contribution in [0.3, 0.4) is 0 Å². The Labute approximate surface area is 148 Å². The number of carbonyl (C=O) groups excluding carboxylic acids is 2. The molecule has 2 rings (SSSR count). The molecule has 0 aliphatic carbocycles. The van der Waals surface area contributed by atoms with Crippen LogP contribution in [0.15, 0.2) is 61.2 Å². The summed E-state index contributed by atoms with van der Waals surface area (Å²) in [6.07, 6.45) is 3.15. The highest BCUT2D eigenvalue weighted by Crippen LogP contribution is 2.23. The van der Waals surface area contributed by atoms with Crippen molar-refractivity contribution < 1.29 is 19.1 Å². The molecule has 0 spiro atoms. The van der Waals surface area contributed by atoms with Crippen molar-refractivity contribution >= 4 is 11.9 Å². The van der Waals surface area contributed by atoms with E-state index in [1.165, 1.54) is 11.6 Å². The molecule has 0 atom stereocenters. The summed E-state index contributed by atoms with van der Waals surface area (Å²) < 4.78 is 10.1. The van der Waals surface area contributed by atoms with Gasteiger partial charge in [0.25, 0.3) is 0 Å². The van der Waals surface area contributed by atoms with Gasteiger partial charge in [0.15, 0.2) is 0 Å². The number of carbonyl (C=O) groups is 2. The second-order valence-electron chi connectivity index (χ2n) is 5.52. The van der Waals surface area contributed by atoms with E-state index < -0.39 is 0 Å². The van der Waals surface area contributed by atoms with Gasteiger partial charge in [0.05, 0.1) is 6.61 Å². The summed E-state index contributed by atoms with van der Waals surface area (Å²) in [7, 11) is 0. The highest BCUT2D eigenvalue weighted by Gasteiger charge is 2.03. The van der Waals surface area contributed by atoms with Gasteiger partial charge in [-0.15, -0.1) is 0 Å². The van der Waals surface area contributed by atoms with Crippen molar-refractivity contribution in [2.75, 3.05) is 6.61 Å². The first-order valence-corrected chi connectivity index (χ1v) is 8.31. The average Bonchev–Trinajstić information content (AvgIpc) is 2.66. The van der Waals surface area contributed by atoms with E-state index in [1.807, 2.05) is 12.1 Å². The molecule has 130 valence electrons. The molecule has 0 aliphatic heterocycles. The summed E-state index contributed by atoms with van der Waals surface area (Å²) in [4.78, 5) is 22.2. The quantitative estimate of drug-likeness (QED) is 0.311. The van der Waals surface area contributed by atoms with Gasteiger partial charge >= 0.3 is 11.9 Å². The van der Waals surface area contributed by atoms with E-state index in [2.05, 4.69) is 30.8 Å². The molecule has 4 heteroatoms. The minimum Gasteiger partial charge on any atom is -0.463 e. The van der Waals surface area contributed by atoms with Gasteiger partial charge in [-0.2, -0.15) is 0 Å². The van der Waals surface area contributed by atoms with Gasteiger partial charge in [0.2, 0.25) is 0 Å². The van der Waals surface area contributed by atoms with Crippen molar-refractivity contribution in [3.8, 4) is 16.9 Å². The van der Waals surface area contributed by atoms with Crippen molar-refractivity contribution in [2.45, 2.75) is 26.2 Å². The third-order valence-electron chi connectivity index (χ3n) is 3.68. The topological polar surface area (TPSA) is 52.6 Å². The second-order valence-corrected chi connectivity index (χ2v) is 5.52. The summed E-state index contributed by atoms with van der Waals surface area (Å²) in [5, 5.41) is 0. The monoisotopic (exact) mass is 338 g/mol. The molecule has 0 N–H and O–H groups in total. The summed E-state index contributed by atoms with van der Waals surface area (Å²) in [6.45, 7) is 5.52. The maximum atomic E-state index is 11.3. The Balaban J connectivity index is 1.89. The zero-order valence-corrected chi connectivity index (χ0v) is 14.4. The third-order valence-corrected chi connectivity index (χ3v) is 3.68. The molecule has 0 heterocycles. The van der Waals surface area contributed by atoms with E-state index in [0.717, 1.165) is 24.0 Å². The van der Waals surface area contributed by atoms with Crippen LogP contribution in [0.25, 0.3) is 11.1 Å². The lowest BCUT2D eigenvalue weighted by Crippen LogP contribution is -2.05. The fraction of sp³-hybridized carbons (Fsp3) is 0.238. The predicted molar refractivity (Wildman–Crippen MR) is 97.3 cm³/mol. The largest absolute Gasteiger partial charge is 0.463 e. The van der Waals surface area contributed by atoms with Gasteiger partial charge in [0.1, 0.15) is 5.75 Å². The summed E-state index contributed by atoms with van der Waals surface area (Å²) in [6, 6.07) is 15.7. The third kappa shape index (κ3) is 5.92. The zero-order valence-electron chi connectivity index (χ0n) is 14.4. The zero-order chi connectivity index (χ0) is 18.1. The smallest absolute Gasteiger partial charge is 0.330 e. The van der Waals surface area contributed by atoms with Crippen LogP contribution in [0.4, 0.5) is 0 Å². The van der Waals surface area contributed by atoms with E-state index in [9.17, 15) is 9.59 Å². The van der Waals surface area contributed by atoms with E-state index in [-0.39, 0.29) is 11.9 Å². The Bertz CT molecular complexity index is 715. The lowest BCUT2D eigenvalue weighted by atomic mass is 10.0. The lowest BCUT2D eigenvalue weighted by Gasteiger charge is -2.07. The Kier molecular flexibility index (Phi) is 6.96. The molecule has 4 nitrogen and oxygen atoms in total. The van der Waals surface area contributed by atoms with E-state index in [0.29, 0.717) is 18.8 Å². The number of esters is 2. The molecule has 0 fully saturated rings. The first kappa shape index (κ1) is 18.5. The maximum absolute atomic E-state index is 11.3. The molecule has 0 aromatic heterocycles. The Hall–Kier alpha value is -2.88. The fourth-order valence-electron chi connectivity index (χ4n) is 2.29. The predicted octanol–water partition coefficient (Wildman–Crippen LogP) is 4.33. The summed E-state index contributed by atoms with van der Waals surface area (Å²) >= 11 is 0. The Morgan fingerprint density at radius 2 is 1.60 bits per heavy atom. The number of hydrogen-bond acceptors (Lipinski definition) is 4. The lowest BCUT2D eigenvalue weighted by molar-refractivity contribution is -0.138. The van der Waals surface area contributed by atoms with Crippen molar-refractivity contribution in [3.05, 3.63) is 66.7 Å². The molecule has 0 saturated heterocycles. The SMILES string of the molecule is C=CC(=O)OCCCc1ccc(-c2ccc(OC(=O)CC)cc2)cc1. The van der Waals surface area contributed by atoms with E-state index in [1.54, 1.807) is 19.1 Å². The van der Waals surface area contributed by atoms with E-state index >= 15 is 0 Å². The van der Waals surface area contributed by atoms with Crippen molar-refractivity contribution in [1.29, 1.82) is 0 Å². The fourth-order valence-corrected chi connectivity index (χ4v) is 2.29. The highest BCUT2D eigenvalue weighted by atomic mass is 16.5. The van der Waals surface area contributed by atoms with Crippen LogP contribution < -0.4 is 4.74 Å². The second kappa shape index (κ2) is 9.42. The van der Waals surface area contributed by atoms with Crippen LogP contribution in [0.5, 0.6) is 5.75 Å². The van der Waals surface area contributed by atoms with Crippen molar-refractivity contribution in [1.82, 2.24) is 0 Å². The van der Waals surface area contributed by atoms with Crippen LogP contribution in [0.2, 0.25) is 0 Å². The Morgan fingerprint density at radius 3 is 2.16 bits per heavy atom. The molecular weight excluding hydrogens is 316 g/mol. The molecule has 0 bridgehead atoms. The summed E-state index contributed by atoms with van der Waals surface area (Å²) in [5.41, 5.74) is 3.34. The number of hydrogen-bond donors (Lipinski definition) is 0. The molecular formula is C21H22O4. The molecule has 0 amide bonds. The number of ether oxygens (including phenoxy) is 2. The van der Waals surface area contributed by atoms with Gasteiger partial charge in [-0.3, -0.25) is 4.79 Å². The van der Waals surface area contributed by atoms with Gasteiger partial charge in [-0.1, -0.05) is 49.9 Å². The average molecular weight is 338 g/mol. The van der Waals surface area contributed by atoms with Crippen LogP contribution >= 0.6 is 0 Å². The van der Waals surface area contributed by atoms with Crippen LogP contribution in [0, 0.1) is 0 Å². The van der Waals surface area contributed by atoms with Crippen molar-refractivity contribution in [3.63, 3.8) is 0 Å². The molecule has 0 saturated carbocycles. The van der Waals surface area contributed by atoms with Crippen LogP contribution in [-0.2, 0) is 20.7 Å². The van der Waals surface area contributed by atoms with Gasteiger partial charge in [-0.05, 0) is 41.7 Å². The molecule has 0 aliphatic rings. The number of benzene rings is 2. The van der Waals surface area contributed by atoms with Crippen LogP contribution in [-0.4, -0.2) is 18.5 Å². The number of aryl methyl sites for hydroxylation is 1. The van der Waals surface area contributed by atoms with Gasteiger partial charge in [-0.25, -0.2) is 4.79 Å². The molecule has 25 heavy (non-hydrogen) atoms. The molecule has 0 radical (unpaired) electrons. The highest BCUT2D eigenvalue weighted by molar-refractivity contribution is 5.81. The summed E-state index contributed by atoms with van der Waals surface area (Å²) in [5.74, 6) is -0.0689. The minimum absolute atomic E-state index is 0.240. The standard InChI is InChI=1S/C21H22O4/c1-3-20(22)24-15-5-6-16-7-9-17(10-8-16)18-11-13-19(14-12-18)25-21(23)4-2/h3,7-14H,1,4-6,15H2,2H3.